The zero-order valence-electron chi connectivity index (χ0n) is 10.6. The molecule has 0 atom stereocenters. The van der Waals surface area contributed by atoms with Crippen LogP contribution >= 0.6 is 0 Å². The summed E-state index contributed by atoms with van der Waals surface area (Å²) in [6, 6.07) is 5.66. The minimum atomic E-state index is 0.518. The van der Waals surface area contributed by atoms with Gasteiger partial charge in [-0.15, -0.1) is 0 Å². The van der Waals surface area contributed by atoms with E-state index in [2.05, 4.69) is 10.1 Å². The molecule has 2 rings (SSSR count). The standard InChI is InChI=1S/C13H17N3O2/c1-3-17-7-6-12-15-13(18-16-12)10-4-5-11(14)9(2)8-10/h4-5,8H,3,6-7,14H2,1-2H3. The summed E-state index contributed by atoms with van der Waals surface area (Å²) in [6.07, 6.45) is 0.658. The van der Waals surface area contributed by atoms with Gasteiger partial charge in [-0.25, -0.2) is 0 Å². The third kappa shape index (κ3) is 2.87. The fourth-order valence-corrected chi connectivity index (χ4v) is 1.59. The van der Waals surface area contributed by atoms with E-state index in [1.807, 2.05) is 32.0 Å². The minimum Gasteiger partial charge on any atom is -0.399 e. The van der Waals surface area contributed by atoms with E-state index in [4.69, 9.17) is 15.0 Å². The van der Waals surface area contributed by atoms with Crippen LogP contribution in [0.1, 0.15) is 18.3 Å². The van der Waals surface area contributed by atoms with Gasteiger partial charge in [0.1, 0.15) is 0 Å². The minimum absolute atomic E-state index is 0.518. The molecule has 1 aromatic heterocycles. The van der Waals surface area contributed by atoms with Crippen molar-refractivity contribution < 1.29 is 9.26 Å². The molecule has 0 amide bonds. The summed E-state index contributed by atoms with van der Waals surface area (Å²) in [6.45, 7) is 5.21. The van der Waals surface area contributed by atoms with E-state index < -0.39 is 0 Å². The lowest BCUT2D eigenvalue weighted by molar-refractivity contribution is 0.149. The summed E-state index contributed by atoms with van der Waals surface area (Å²) in [4.78, 5) is 4.32. The van der Waals surface area contributed by atoms with E-state index in [1.165, 1.54) is 0 Å². The van der Waals surface area contributed by atoms with Crippen LogP contribution in [0.3, 0.4) is 0 Å². The molecule has 18 heavy (non-hydrogen) atoms. The van der Waals surface area contributed by atoms with E-state index in [9.17, 15) is 0 Å². The van der Waals surface area contributed by atoms with Gasteiger partial charge in [-0.2, -0.15) is 4.98 Å². The van der Waals surface area contributed by atoms with Gasteiger partial charge in [0.25, 0.3) is 5.89 Å². The average molecular weight is 247 g/mol. The third-order valence-electron chi connectivity index (χ3n) is 2.66. The predicted molar refractivity (Wildman–Crippen MR) is 69.1 cm³/mol. The number of hydrogen-bond donors (Lipinski definition) is 1. The van der Waals surface area contributed by atoms with Gasteiger partial charge in [-0.1, -0.05) is 5.16 Å². The molecule has 0 radical (unpaired) electrons. The van der Waals surface area contributed by atoms with Gasteiger partial charge >= 0.3 is 0 Å². The maximum atomic E-state index is 5.77. The van der Waals surface area contributed by atoms with Crippen LogP contribution in [0.2, 0.25) is 0 Å². The summed E-state index contributed by atoms with van der Waals surface area (Å²) in [5, 5.41) is 3.92. The Morgan fingerprint density at radius 2 is 2.22 bits per heavy atom. The first-order valence-corrected chi connectivity index (χ1v) is 5.97. The van der Waals surface area contributed by atoms with Crippen molar-refractivity contribution in [2.45, 2.75) is 20.3 Å². The zero-order valence-corrected chi connectivity index (χ0v) is 10.6. The number of hydrogen-bond acceptors (Lipinski definition) is 5. The topological polar surface area (TPSA) is 74.2 Å². The van der Waals surface area contributed by atoms with Crippen molar-refractivity contribution in [2.75, 3.05) is 18.9 Å². The fourth-order valence-electron chi connectivity index (χ4n) is 1.59. The maximum absolute atomic E-state index is 5.77. The van der Waals surface area contributed by atoms with E-state index >= 15 is 0 Å². The monoisotopic (exact) mass is 247 g/mol. The Kier molecular flexibility index (Phi) is 3.94. The third-order valence-corrected chi connectivity index (χ3v) is 2.66. The number of aromatic nitrogens is 2. The lowest BCUT2D eigenvalue weighted by Crippen LogP contribution is -1.99. The van der Waals surface area contributed by atoms with Crippen LogP contribution in [0.15, 0.2) is 22.7 Å². The first kappa shape index (κ1) is 12.6. The highest BCUT2D eigenvalue weighted by atomic mass is 16.5. The lowest BCUT2D eigenvalue weighted by Gasteiger charge is -2.00. The van der Waals surface area contributed by atoms with Crippen molar-refractivity contribution >= 4 is 5.69 Å². The molecule has 0 saturated carbocycles. The zero-order chi connectivity index (χ0) is 13.0. The van der Waals surface area contributed by atoms with Crippen molar-refractivity contribution in [3.8, 4) is 11.5 Å². The van der Waals surface area contributed by atoms with Crippen LogP contribution in [-0.2, 0) is 11.2 Å². The first-order chi connectivity index (χ1) is 8.70. The highest BCUT2D eigenvalue weighted by Gasteiger charge is 2.09. The largest absolute Gasteiger partial charge is 0.399 e. The predicted octanol–water partition coefficient (Wildman–Crippen LogP) is 2.21. The molecule has 5 nitrogen and oxygen atoms in total. The van der Waals surface area contributed by atoms with Crippen molar-refractivity contribution in [3.63, 3.8) is 0 Å². The van der Waals surface area contributed by atoms with Crippen LogP contribution in [0.4, 0.5) is 5.69 Å². The first-order valence-electron chi connectivity index (χ1n) is 5.97. The summed E-state index contributed by atoms with van der Waals surface area (Å²) in [7, 11) is 0. The van der Waals surface area contributed by atoms with Crippen molar-refractivity contribution in [3.05, 3.63) is 29.6 Å². The maximum Gasteiger partial charge on any atom is 0.257 e. The van der Waals surface area contributed by atoms with Crippen LogP contribution in [0.5, 0.6) is 0 Å². The molecular weight excluding hydrogens is 230 g/mol. The van der Waals surface area contributed by atoms with E-state index in [1.54, 1.807) is 0 Å². The molecule has 0 aliphatic carbocycles. The fraction of sp³-hybridized carbons (Fsp3) is 0.385. The number of nitrogen functional groups attached to an aromatic ring is 1. The summed E-state index contributed by atoms with van der Waals surface area (Å²) in [5.41, 5.74) is 8.42. The van der Waals surface area contributed by atoms with Gasteiger partial charge in [0, 0.05) is 24.3 Å². The average Bonchev–Trinajstić information content (AvgIpc) is 2.82. The highest BCUT2D eigenvalue weighted by molar-refractivity contribution is 5.60. The van der Waals surface area contributed by atoms with Crippen molar-refractivity contribution in [1.29, 1.82) is 0 Å². The van der Waals surface area contributed by atoms with Gasteiger partial charge < -0.3 is 15.0 Å². The molecule has 0 aliphatic rings. The number of ether oxygens (including phenoxy) is 1. The van der Waals surface area contributed by atoms with Gasteiger partial charge in [0.05, 0.1) is 6.61 Å². The molecule has 1 aromatic carbocycles. The molecular formula is C13H17N3O2. The molecule has 0 spiro atoms. The number of benzene rings is 1. The van der Waals surface area contributed by atoms with Crippen molar-refractivity contribution in [2.24, 2.45) is 0 Å². The lowest BCUT2D eigenvalue weighted by atomic mass is 10.1. The molecule has 0 bridgehead atoms. The van der Waals surface area contributed by atoms with Crippen LogP contribution in [0.25, 0.3) is 11.5 Å². The second-order valence-electron chi connectivity index (χ2n) is 4.03. The van der Waals surface area contributed by atoms with Crippen LogP contribution < -0.4 is 5.73 Å². The molecule has 2 N–H and O–H groups in total. The van der Waals surface area contributed by atoms with Gasteiger partial charge in [-0.3, -0.25) is 0 Å². The Morgan fingerprint density at radius 3 is 2.94 bits per heavy atom. The second-order valence-corrected chi connectivity index (χ2v) is 4.03. The van der Waals surface area contributed by atoms with Gasteiger partial charge in [-0.05, 0) is 37.6 Å². The number of nitrogens with two attached hydrogens (primary N) is 1. The summed E-state index contributed by atoms with van der Waals surface area (Å²) >= 11 is 0. The SMILES string of the molecule is CCOCCc1noc(-c2ccc(N)c(C)c2)n1. The Labute approximate surface area is 106 Å². The Bertz CT molecular complexity index is 523. The van der Waals surface area contributed by atoms with E-state index in [-0.39, 0.29) is 0 Å². The van der Waals surface area contributed by atoms with Gasteiger partial charge in [0.2, 0.25) is 0 Å². The molecule has 0 aliphatic heterocycles. The number of aryl methyl sites for hydroxylation is 1. The molecule has 0 unspecified atom stereocenters. The number of rotatable bonds is 5. The van der Waals surface area contributed by atoms with E-state index in [0.29, 0.717) is 31.3 Å². The Balaban J connectivity index is 2.11. The Morgan fingerprint density at radius 1 is 1.39 bits per heavy atom. The molecule has 2 aromatic rings. The highest BCUT2D eigenvalue weighted by Crippen LogP contribution is 2.21. The Hall–Kier alpha value is -1.88. The second kappa shape index (κ2) is 5.64. The molecule has 96 valence electrons. The normalized spacial score (nSPS) is 10.8. The summed E-state index contributed by atoms with van der Waals surface area (Å²) in [5.74, 6) is 1.18. The number of nitrogens with zero attached hydrogens (tertiary/aromatic N) is 2. The quantitative estimate of drug-likeness (QED) is 0.647. The van der Waals surface area contributed by atoms with Crippen molar-refractivity contribution in [1.82, 2.24) is 10.1 Å². The molecule has 0 saturated heterocycles. The van der Waals surface area contributed by atoms with E-state index in [0.717, 1.165) is 16.8 Å². The van der Waals surface area contributed by atoms with Gasteiger partial charge in [0.15, 0.2) is 5.82 Å². The molecule has 5 heteroatoms. The van der Waals surface area contributed by atoms with Crippen LogP contribution in [0, 0.1) is 6.92 Å². The smallest absolute Gasteiger partial charge is 0.257 e. The van der Waals surface area contributed by atoms with Crippen LogP contribution in [-0.4, -0.2) is 23.4 Å². The number of anilines is 1. The molecule has 0 fully saturated rings. The molecule has 1 heterocycles. The summed E-state index contributed by atoms with van der Waals surface area (Å²) < 4.78 is 10.5.